The fourth-order valence-electron chi connectivity index (χ4n) is 10.4. The van der Waals surface area contributed by atoms with Crippen molar-refractivity contribution in [3.05, 3.63) is 0 Å². The van der Waals surface area contributed by atoms with Crippen molar-refractivity contribution < 1.29 is 9.90 Å². The van der Waals surface area contributed by atoms with Gasteiger partial charge in [0, 0.05) is 4.32 Å². The molecule has 11 atom stereocenters. The minimum absolute atomic E-state index is 0.0399. The summed E-state index contributed by atoms with van der Waals surface area (Å²) in [6.07, 6.45) is 18.2. The van der Waals surface area contributed by atoms with Gasteiger partial charge in [-0.3, -0.25) is 10.2 Å². The minimum atomic E-state index is -0.365. The molecule has 0 spiro atoms. The molecular weight excluding hydrogens is 514 g/mol. The number of hydrogen-bond donors (Lipinski definition) is 4. The van der Waals surface area contributed by atoms with Crippen LogP contribution < -0.4 is 16.6 Å². The van der Waals surface area contributed by atoms with E-state index in [0.717, 1.165) is 37.5 Å². The van der Waals surface area contributed by atoms with Crippen LogP contribution in [0.4, 0.5) is 0 Å². The molecule has 1 heterocycles. The Morgan fingerprint density at radius 1 is 1.00 bits per heavy atom. The number of amides is 1. The van der Waals surface area contributed by atoms with Gasteiger partial charge in [-0.1, -0.05) is 75.2 Å². The summed E-state index contributed by atoms with van der Waals surface area (Å²) in [5.41, 5.74) is 12.9. The molecule has 0 bridgehead atoms. The van der Waals surface area contributed by atoms with Crippen LogP contribution in [0.5, 0.6) is 0 Å². The molecule has 0 radical (unpaired) electrons. The number of nitrogens with one attached hydrogen (secondary N) is 2. The highest BCUT2D eigenvalue weighted by Gasteiger charge is 2.68. The van der Waals surface area contributed by atoms with Crippen LogP contribution in [0, 0.1) is 46.3 Å². The molecule has 4 saturated carbocycles. The van der Waals surface area contributed by atoms with Crippen molar-refractivity contribution in [2.24, 2.45) is 52.1 Å². The van der Waals surface area contributed by atoms with E-state index in [4.69, 9.17) is 5.73 Å². The number of fused-ring (bicyclic) bond motifs is 5. The molecule has 1 aliphatic heterocycles. The number of carbonyl (C=O) groups excluding carboxylic acids is 1. The van der Waals surface area contributed by atoms with Gasteiger partial charge in [-0.05, 0) is 98.2 Å². The molecule has 11 unspecified atom stereocenters. The van der Waals surface area contributed by atoms with Crippen molar-refractivity contribution in [1.29, 1.82) is 0 Å². The molecule has 1 amide bonds. The number of aliphatic hydroxyl groups excluding tert-OH is 1. The van der Waals surface area contributed by atoms with Crippen LogP contribution in [0.3, 0.4) is 0 Å². The normalized spacial score (nSPS) is 50.3. The molecular formula is C30H52BrN3O2. The molecule has 4 aliphatic carbocycles. The molecule has 0 aromatic carbocycles. The van der Waals surface area contributed by atoms with Gasteiger partial charge < -0.3 is 10.8 Å². The summed E-state index contributed by atoms with van der Waals surface area (Å²) >= 11 is 4.30. The van der Waals surface area contributed by atoms with Gasteiger partial charge in [0.2, 0.25) is 5.91 Å². The van der Waals surface area contributed by atoms with Gasteiger partial charge in [-0.25, -0.2) is 5.43 Å². The quantitative estimate of drug-likeness (QED) is 0.213. The van der Waals surface area contributed by atoms with Crippen molar-refractivity contribution in [2.45, 2.75) is 134 Å². The van der Waals surface area contributed by atoms with Crippen LogP contribution in [0.1, 0.15) is 117 Å². The van der Waals surface area contributed by atoms with E-state index in [1.807, 2.05) is 0 Å². The highest BCUT2D eigenvalue weighted by Crippen LogP contribution is 2.72. The standard InChI is InChI=1S/C30H52BrN3O2/c1-4-5-6-7-8-9-10-19-11-12-22-21-17-24(25-26(32)33-34-27(25)36)30(31)18-20(35)13-16-29(30,3)23(21)14-15-28(19,22)2/h19-26,33,35H,4-18,32H2,1-3H3,(H,34,36). The second-order valence-corrected chi connectivity index (χ2v) is 15.4. The van der Waals surface area contributed by atoms with Crippen molar-refractivity contribution in [1.82, 2.24) is 10.9 Å². The summed E-state index contributed by atoms with van der Waals surface area (Å²) in [7, 11) is 0. The first-order chi connectivity index (χ1) is 17.2. The Morgan fingerprint density at radius 2 is 1.75 bits per heavy atom. The zero-order chi connectivity index (χ0) is 25.7. The summed E-state index contributed by atoms with van der Waals surface area (Å²) in [5, 5.41) is 10.8. The van der Waals surface area contributed by atoms with E-state index in [9.17, 15) is 9.90 Å². The zero-order valence-electron chi connectivity index (χ0n) is 23.0. The molecule has 5 nitrogen and oxygen atoms in total. The molecule has 5 N–H and O–H groups in total. The van der Waals surface area contributed by atoms with Crippen LogP contribution in [-0.2, 0) is 4.79 Å². The van der Waals surface area contributed by atoms with E-state index in [2.05, 4.69) is 47.6 Å². The van der Waals surface area contributed by atoms with Gasteiger partial charge in [0.1, 0.15) is 0 Å². The molecule has 36 heavy (non-hydrogen) atoms. The molecule has 0 aromatic rings. The van der Waals surface area contributed by atoms with Crippen molar-refractivity contribution in [2.75, 3.05) is 0 Å². The maximum atomic E-state index is 13.1. The first kappa shape index (κ1) is 27.4. The maximum absolute atomic E-state index is 13.1. The molecule has 0 aromatic heterocycles. The number of alkyl halides is 1. The minimum Gasteiger partial charge on any atom is -0.393 e. The first-order valence-electron chi connectivity index (χ1n) is 15.3. The summed E-state index contributed by atoms with van der Waals surface area (Å²) in [5.74, 6) is 2.89. The molecule has 6 heteroatoms. The number of halogens is 1. The maximum Gasteiger partial charge on any atom is 0.240 e. The zero-order valence-corrected chi connectivity index (χ0v) is 24.6. The van der Waals surface area contributed by atoms with Crippen LogP contribution in [0.2, 0.25) is 0 Å². The lowest BCUT2D eigenvalue weighted by Crippen LogP contribution is -2.66. The van der Waals surface area contributed by atoms with E-state index >= 15 is 0 Å². The average molecular weight is 567 g/mol. The second-order valence-electron chi connectivity index (χ2n) is 14.0. The summed E-state index contributed by atoms with van der Waals surface area (Å²) in [6, 6.07) is 0. The van der Waals surface area contributed by atoms with E-state index in [0.29, 0.717) is 17.3 Å². The Kier molecular flexibility index (Phi) is 7.94. The number of nitrogens with two attached hydrogens (primary N) is 1. The third kappa shape index (κ3) is 4.32. The fraction of sp³-hybridized carbons (Fsp3) is 0.967. The molecule has 1 saturated heterocycles. The number of carbonyl (C=O) groups is 1. The summed E-state index contributed by atoms with van der Waals surface area (Å²) in [4.78, 5) is 13.1. The predicted octanol–water partition coefficient (Wildman–Crippen LogP) is 6.04. The smallest absolute Gasteiger partial charge is 0.240 e. The molecule has 206 valence electrons. The van der Waals surface area contributed by atoms with Gasteiger partial charge >= 0.3 is 0 Å². The van der Waals surface area contributed by atoms with Crippen molar-refractivity contribution >= 4 is 21.8 Å². The van der Waals surface area contributed by atoms with Crippen LogP contribution in [-0.4, -0.2) is 27.6 Å². The highest BCUT2D eigenvalue weighted by atomic mass is 79.9. The Morgan fingerprint density at radius 3 is 2.47 bits per heavy atom. The van der Waals surface area contributed by atoms with Crippen LogP contribution >= 0.6 is 15.9 Å². The number of hydrogen-bond acceptors (Lipinski definition) is 4. The lowest BCUT2D eigenvalue weighted by molar-refractivity contribution is -0.149. The Balaban J connectivity index is 1.38. The lowest BCUT2D eigenvalue weighted by Gasteiger charge is -2.67. The van der Waals surface area contributed by atoms with E-state index < -0.39 is 0 Å². The van der Waals surface area contributed by atoms with Gasteiger partial charge in [-0.15, -0.1) is 0 Å². The highest BCUT2D eigenvalue weighted by molar-refractivity contribution is 9.10. The predicted molar refractivity (Wildman–Crippen MR) is 149 cm³/mol. The number of aliphatic hydroxyl groups is 1. The molecule has 5 fully saturated rings. The summed E-state index contributed by atoms with van der Waals surface area (Å²) in [6.45, 7) is 7.43. The van der Waals surface area contributed by atoms with Crippen LogP contribution in [0.25, 0.3) is 0 Å². The van der Waals surface area contributed by atoms with E-state index in [1.54, 1.807) is 0 Å². The Labute approximate surface area is 228 Å². The fourth-order valence-corrected chi connectivity index (χ4v) is 11.8. The largest absolute Gasteiger partial charge is 0.393 e. The average Bonchev–Trinajstić information content (AvgIpc) is 3.35. The van der Waals surface area contributed by atoms with Gasteiger partial charge in [0.15, 0.2) is 0 Å². The van der Waals surface area contributed by atoms with Gasteiger partial charge in [0.25, 0.3) is 0 Å². The second kappa shape index (κ2) is 10.4. The van der Waals surface area contributed by atoms with E-state index in [-0.39, 0.29) is 39.8 Å². The Hall–Kier alpha value is -0.170. The van der Waals surface area contributed by atoms with Gasteiger partial charge in [0.05, 0.1) is 18.2 Å². The molecule has 5 rings (SSSR count). The first-order valence-corrected chi connectivity index (χ1v) is 16.1. The number of rotatable bonds is 8. The lowest BCUT2D eigenvalue weighted by atomic mass is 9.41. The van der Waals surface area contributed by atoms with Gasteiger partial charge in [-0.2, -0.15) is 0 Å². The van der Waals surface area contributed by atoms with E-state index in [1.165, 1.54) is 70.6 Å². The third-order valence-corrected chi connectivity index (χ3v) is 14.3. The van der Waals surface area contributed by atoms with Crippen molar-refractivity contribution in [3.63, 3.8) is 0 Å². The third-order valence-electron chi connectivity index (χ3n) is 12.4. The summed E-state index contributed by atoms with van der Waals surface area (Å²) < 4.78 is -0.241. The Bertz CT molecular complexity index is 811. The van der Waals surface area contributed by atoms with Crippen molar-refractivity contribution in [3.8, 4) is 0 Å². The topological polar surface area (TPSA) is 87.4 Å². The van der Waals surface area contributed by atoms with Crippen LogP contribution in [0.15, 0.2) is 0 Å². The molecule has 5 aliphatic rings. The number of unbranched alkanes of at least 4 members (excludes halogenated alkanes) is 5. The SMILES string of the molecule is CCCCCCCCC1CCC2C3CC(C4C(=O)NNC4N)C4(Br)CC(O)CCC4(C)C3CCC12C. The monoisotopic (exact) mass is 565 g/mol. The number of hydrazine groups is 1.